The number of nitrogens with one attached hydrogen (secondary N) is 2. The van der Waals surface area contributed by atoms with Crippen LogP contribution >= 0.6 is 11.3 Å². The van der Waals surface area contributed by atoms with Gasteiger partial charge in [-0.3, -0.25) is 14.5 Å². The fourth-order valence-corrected chi connectivity index (χ4v) is 5.55. The molecule has 0 spiro atoms. The van der Waals surface area contributed by atoms with Crippen molar-refractivity contribution in [3.8, 4) is 0 Å². The Morgan fingerprint density at radius 1 is 1.29 bits per heavy atom. The van der Waals surface area contributed by atoms with Crippen molar-refractivity contribution < 1.29 is 18.1 Å². The molecule has 2 aliphatic rings. The topological polar surface area (TPSA) is 83.3 Å². The molecule has 0 bridgehead atoms. The number of nitrogens with zero attached hydrogens (tertiary/aromatic N) is 2. The lowest BCUT2D eigenvalue weighted by Gasteiger charge is -2.33. The Hall–Kier alpha value is -2.23. The van der Waals surface area contributed by atoms with Crippen molar-refractivity contribution in [3.05, 3.63) is 52.2 Å². The molecule has 1 aromatic heterocycles. The molecule has 2 aromatic rings. The number of quaternary nitrogens is 1. The number of sulfonamides is 1. The van der Waals surface area contributed by atoms with E-state index in [0.29, 0.717) is 18.7 Å². The number of hydrogen-bond donors (Lipinski definition) is 2. The SMILES string of the molecule is C[C@H](N=C1NS(=O)(=O)c2ccccc21)C(=O)N1CC[NH+](Cc2ccsc2)CC1. The predicted molar refractivity (Wildman–Crippen MR) is 108 cm³/mol. The van der Waals surface area contributed by atoms with E-state index < -0.39 is 16.1 Å². The second-order valence-electron chi connectivity index (χ2n) is 7.14. The van der Waals surface area contributed by atoms with Crippen molar-refractivity contribution in [1.82, 2.24) is 9.62 Å². The Morgan fingerprint density at radius 3 is 2.75 bits per heavy atom. The van der Waals surface area contributed by atoms with Crippen molar-refractivity contribution in [2.24, 2.45) is 4.99 Å². The van der Waals surface area contributed by atoms with Crippen molar-refractivity contribution in [3.63, 3.8) is 0 Å². The third-order valence-electron chi connectivity index (χ3n) is 5.16. The maximum atomic E-state index is 12.8. The maximum Gasteiger partial charge on any atom is 0.263 e. The number of amides is 1. The van der Waals surface area contributed by atoms with Crippen molar-refractivity contribution in [2.75, 3.05) is 26.2 Å². The summed E-state index contributed by atoms with van der Waals surface area (Å²) in [5, 5.41) is 4.26. The van der Waals surface area contributed by atoms with Crippen LogP contribution in [0.4, 0.5) is 0 Å². The maximum absolute atomic E-state index is 12.8. The fourth-order valence-electron chi connectivity index (χ4n) is 3.64. The van der Waals surface area contributed by atoms with Gasteiger partial charge in [-0.25, -0.2) is 8.42 Å². The monoisotopic (exact) mass is 419 g/mol. The number of fused-ring (bicyclic) bond motifs is 1. The first-order valence-electron chi connectivity index (χ1n) is 9.27. The number of piperazine rings is 1. The number of thiophene rings is 1. The number of amidine groups is 1. The van der Waals surface area contributed by atoms with Crippen molar-refractivity contribution >= 4 is 33.1 Å². The Kier molecular flexibility index (Phi) is 5.22. The van der Waals surface area contributed by atoms with Gasteiger partial charge in [-0.2, -0.15) is 11.3 Å². The molecule has 1 saturated heterocycles. The molecule has 1 fully saturated rings. The van der Waals surface area contributed by atoms with Crippen LogP contribution in [0.1, 0.15) is 18.1 Å². The zero-order valence-electron chi connectivity index (χ0n) is 15.6. The molecule has 2 N–H and O–H groups in total. The molecule has 7 nitrogen and oxygen atoms in total. The summed E-state index contributed by atoms with van der Waals surface area (Å²) in [6.45, 7) is 5.89. The van der Waals surface area contributed by atoms with Gasteiger partial charge in [-0.15, -0.1) is 0 Å². The van der Waals surface area contributed by atoms with Gasteiger partial charge < -0.3 is 9.80 Å². The van der Waals surface area contributed by atoms with E-state index in [1.807, 2.05) is 4.90 Å². The largest absolute Gasteiger partial charge is 0.330 e. The number of hydrogen-bond acceptors (Lipinski definition) is 5. The first-order valence-corrected chi connectivity index (χ1v) is 11.7. The van der Waals surface area contributed by atoms with E-state index >= 15 is 0 Å². The molecule has 3 heterocycles. The molecule has 0 aliphatic carbocycles. The normalized spacial score (nSPS) is 21.3. The summed E-state index contributed by atoms with van der Waals surface area (Å²) in [6.07, 6.45) is 0. The van der Waals surface area contributed by atoms with Gasteiger partial charge >= 0.3 is 0 Å². The Balaban J connectivity index is 1.40. The summed E-state index contributed by atoms with van der Waals surface area (Å²) < 4.78 is 26.9. The minimum absolute atomic E-state index is 0.0642. The van der Waals surface area contributed by atoms with Crippen LogP contribution in [0.25, 0.3) is 0 Å². The molecular weight excluding hydrogens is 396 g/mol. The minimum atomic E-state index is -3.59. The highest BCUT2D eigenvalue weighted by Gasteiger charge is 2.32. The smallest absolute Gasteiger partial charge is 0.263 e. The highest BCUT2D eigenvalue weighted by atomic mass is 32.2. The molecule has 9 heteroatoms. The Bertz CT molecular complexity index is 994. The number of carbonyl (C=O) groups excluding carboxylic acids is 1. The summed E-state index contributed by atoms with van der Waals surface area (Å²) in [5.74, 6) is 0.184. The second kappa shape index (κ2) is 7.65. The molecule has 148 valence electrons. The van der Waals surface area contributed by atoms with E-state index in [0.717, 1.165) is 19.6 Å². The van der Waals surface area contributed by atoms with E-state index in [1.54, 1.807) is 42.5 Å². The summed E-state index contributed by atoms with van der Waals surface area (Å²) in [4.78, 5) is 20.7. The quantitative estimate of drug-likeness (QED) is 0.738. The first-order chi connectivity index (χ1) is 13.4. The third kappa shape index (κ3) is 3.82. The molecule has 28 heavy (non-hydrogen) atoms. The lowest BCUT2D eigenvalue weighted by Crippen LogP contribution is -3.13. The van der Waals surface area contributed by atoms with Gasteiger partial charge in [0.15, 0.2) is 0 Å². The van der Waals surface area contributed by atoms with Crippen LogP contribution in [-0.4, -0.2) is 57.3 Å². The molecule has 0 unspecified atom stereocenters. The van der Waals surface area contributed by atoms with Crippen molar-refractivity contribution in [1.29, 1.82) is 0 Å². The average molecular weight is 420 g/mol. The van der Waals surface area contributed by atoms with Gasteiger partial charge in [0, 0.05) is 11.1 Å². The van der Waals surface area contributed by atoms with Crippen LogP contribution in [0.2, 0.25) is 0 Å². The molecule has 2 aliphatic heterocycles. The molecule has 1 atom stereocenters. The van der Waals surface area contributed by atoms with Crippen LogP contribution in [0.5, 0.6) is 0 Å². The average Bonchev–Trinajstić information content (AvgIpc) is 3.28. The van der Waals surface area contributed by atoms with Gasteiger partial charge in [-0.1, -0.05) is 12.1 Å². The summed E-state index contributed by atoms with van der Waals surface area (Å²) in [5.41, 5.74) is 1.86. The van der Waals surface area contributed by atoms with Crippen LogP contribution in [0.15, 0.2) is 51.0 Å². The van der Waals surface area contributed by atoms with E-state index in [9.17, 15) is 13.2 Å². The first kappa shape index (κ1) is 19.1. The van der Waals surface area contributed by atoms with E-state index in [2.05, 4.69) is 26.5 Å². The van der Waals surface area contributed by atoms with Crippen molar-refractivity contribution in [2.45, 2.75) is 24.4 Å². The number of carbonyl (C=O) groups is 1. The van der Waals surface area contributed by atoms with Gasteiger partial charge in [0.1, 0.15) is 18.4 Å². The van der Waals surface area contributed by atoms with Gasteiger partial charge in [-0.05, 0) is 35.9 Å². The molecule has 1 amide bonds. The van der Waals surface area contributed by atoms with E-state index in [1.165, 1.54) is 10.5 Å². The predicted octanol–water partition coefficient (Wildman–Crippen LogP) is 0.102. The molecule has 1 aromatic carbocycles. The fraction of sp³-hybridized carbons (Fsp3) is 0.368. The zero-order valence-corrected chi connectivity index (χ0v) is 17.2. The molecular formula is C19H23N4O3S2+. The van der Waals surface area contributed by atoms with Gasteiger partial charge in [0.05, 0.1) is 31.1 Å². The van der Waals surface area contributed by atoms with E-state index in [-0.39, 0.29) is 16.6 Å². The van der Waals surface area contributed by atoms with Gasteiger partial charge in [0.25, 0.3) is 10.0 Å². The summed E-state index contributed by atoms with van der Waals surface area (Å²) in [6, 6.07) is 8.19. The van der Waals surface area contributed by atoms with Crippen LogP contribution in [0, 0.1) is 0 Å². The number of benzene rings is 1. The minimum Gasteiger partial charge on any atom is -0.330 e. The summed E-state index contributed by atoms with van der Waals surface area (Å²) in [7, 11) is -3.59. The Labute approximate surface area is 168 Å². The second-order valence-corrected chi connectivity index (χ2v) is 9.57. The zero-order chi connectivity index (χ0) is 19.7. The van der Waals surface area contributed by atoms with Crippen LogP contribution in [0.3, 0.4) is 0 Å². The molecule has 0 saturated carbocycles. The van der Waals surface area contributed by atoms with Gasteiger partial charge in [0.2, 0.25) is 5.91 Å². The summed E-state index contributed by atoms with van der Waals surface area (Å²) >= 11 is 1.71. The van der Waals surface area contributed by atoms with Crippen LogP contribution < -0.4 is 9.62 Å². The highest BCUT2D eigenvalue weighted by molar-refractivity contribution is 7.90. The lowest BCUT2D eigenvalue weighted by molar-refractivity contribution is -0.917. The third-order valence-corrected chi connectivity index (χ3v) is 7.29. The van der Waals surface area contributed by atoms with E-state index in [4.69, 9.17) is 0 Å². The highest BCUT2D eigenvalue weighted by Crippen LogP contribution is 2.22. The number of aliphatic imine (C=N–C) groups is 1. The number of rotatable bonds is 4. The standard InChI is InChI=1S/C19H22N4O3S2/c1-14(20-18-16-4-2-3-5-17(16)28(25,26)21-18)19(24)23-9-7-22(8-10-23)12-15-6-11-27-13-15/h2-6,11,13-14H,7-10,12H2,1H3,(H,20,21)/p+1/t14-/m0/s1. The Morgan fingerprint density at radius 2 is 2.04 bits per heavy atom. The van der Waals surface area contributed by atoms with Crippen LogP contribution in [-0.2, 0) is 21.4 Å². The molecule has 4 rings (SSSR count). The molecule has 0 radical (unpaired) electrons. The lowest BCUT2D eigenvalue weighted by atomic mass is 10.2.